The van der Waals surface area contributed by atoms with E-state index in [2.05, 4.69) is 84.3 Å². The average molecular weight is 495 g/mol. The molecule has 3 heterocycles. The number of hydrogen-bond donors (Lipinski definition) is 0. The highest BCUT2D eigenvalue weighted by Gasteiger charge is 2.50. The molecule has 0 N–H and O–H groups in total. The van der Waals surface area contributed by atoms with Crippen LogP contribution in [0.4, 0.5) is 0 Å². The summed E-state index contributed by atoms with van der Waals surface area (Å²) in [4.78, 5) is 12.6. The lowest BCUT2D eigenvalue weighted by atomic mass is 10.2. The van der Waals surface area contributed by atoms with E-state index < -0.39 is 14.6 Å². The van der Waals surface area contributed by atoms with Crippen molar-refractivity contribution < 1.29 is 13.9 Å². The van der Waals surface area contributed by atoms with Crippen LogP contribution in [0.2, 0.25) is 10.2 Å². The monoisotopic (exact) mass is 494 g/mol. The number of hydrogen-bond acceptors (Lipinski definition) is 6. The lowest BCUT2D eigenvalue weighted by Crippen LogP contribution is -2.67. The quantitative estimate of drug-likeness (QED) is 0.299. The van der Waals surface area contributed by atoms with Gasteiger partial charge in [0.25, 0.3) is 8.32 Å². The minimum Gasteiger partial charge on any atom is -0.402 e. The second-order valence-electron chi connectivity index (χ2n) is 9.32. The second-order valence-corrected chi connectivity index (χ2v) is 14.0. The summed E-state index contributed by atoms with van der Waals surface area (Å²) in [5.41, 5.74) is 1.15. The minimum atomic E-state index is -2.67. The first-order valence-corrected chi connectivity index (χ1v) is 13.5. The van der Waals surface area contributed by atoms with Crippen LogP contribution in [-0.4, -0.2) is 47.3 Å². The third-order valence-electron chi connectivity index (χ3n) is 6.21. The van der Waals surface area contributed by atoms with E-state index in [0.29, 0.717) is 29.5 Å². The molecule has 2 aromatic heterocycles. The SMILES string of the molecule is CC(C)(C)[Si](OC[C@@H]1OC[C@@H](n2cnc3c(Cl)ncnc32)O1)(c1ccccc1)c1ccccc1. The Morgan fingerprint density at radius 2 is 1.65 bits per heavy atom. The Balaban J connectivity index is 1.42. The molecule has 5 rings (SSSR count). The number of ether oxygens (including phenoxy) is 2. The lowest BCUT2D eigenvalue weighted by molar-refractivity contribution is -0.0943. The highest BCUT2D eigenvalue weighted by Crippen LogP contribution is 2.37. The van der Waals surface area contributed by atoms with Gasteiger partial charge in [-0.25, -0.2) is 15.0 Å². The smallest absolute Gasteiger partial charge is 0.261 e. The van der Waals surface area contributed by atoms with Gasteiger partial charge in [-0.3, -0.25) is 4.57 Å². The zero-order valence-corrected chi connectivity index (χ0v) is 21.1. The molecule has 1 aliphatic heterocycles. The van der Waals surface area contributed by atoms with Gasteiger partial charge in [-0.05, 0) is 15.4 Å². The standard InChI is InChI=1S/C25H27ClN4O3Si/c1-25(2,3)34(18-10-6-4-7-11-18,19-12-8-5-9-13-19)32-15-21-31-14-20(33-21)30-17-29-22-23(26)27-16-28-24(22)30/h4-13,16-17,20-21H,14-15H2,1-3H3/t20-,21+/m0/s1. The molecule has 1 aliphatic rings. The second kappa shape index (κ2) is 9.20. The maximum atomic E-state index is 6.94. The molecule has 0 bridgehead atoms. The van der Waals surface area contributed by atoms with Crippen molar-refractivity contribution in [1.82, 2.24) is 19.5 Å². The molecule has 0 aliphatic carbocycles. The molecular weight excluding hydrogens is 468 g/mol. The number of benzene rings is 2. The Morgan fingerprint density at radius 3 is 2.26 bits per heavy atom. The Bertz CT molecular complexity index is 1220. The molecule has 7 nitrogen and oxygen atoms in total. The van der Waals surface area contributed by atoms with Gasteiger partial charge in [-0.2, -0.15) is 0 Å². The molecule has 1 fully saturated rings. The Kier molecular flexibility index (Phi) is 6.26. The number of nitrogens with zero attached hydrogens (tertiary/aromatic N) is 4. The van der Waals surface area contributed by atoms with Gasteiger partial charge in [0.2, 0.25) is 0 Å². The summed E-state index contributed by atoms with van der Waals surface area (Å²) in [6, 6.07) is 21.1. The first kappa shape index (κ1) is 23.1. The van der Waals surface area contributed by atoms with Gasteiger partial charge in [0.05, 0.1) is 19.5 Å². The van der Waals surface area contributed by atoms with Crippen molar-refractivity contribution in [3.05, 3.63) is 78.5 Å². The Morgan fingerprint density at radius 1 is 1.00 bits per heavy atom. The average Bonchev–Trinajstić information content (AvgIpc) is 3.48. The Labute approximate surface area is 204 Å². The maximum absolute atomic E-state index is 6.94. The van der Waals surface area contributed by atoms with E-state index in [1.807, 2.05) is 16.7 Å². The van der Waals surface area contributed by atoms with Crippen molar-refractivity contribution in [3.8, 4) is 0 Å². The van der Waals surface area contributed by atoms with Gasteiger partial charge >= 0.3 is 0 Å². The summed E-state index contributed by atoms with van der Waals surface area (Å²) in [7, 11) is -2.67. The highest BCUT2D eigenvalue weighted by molar-refractivity contribution is 6.99. The number of fused-ring (bicyclic) bond motifs is 1. The molecule has 0 saturated carbocycles. The first-order chi connectivity index (χ1) is 16.4. The van der Waals surface area contributed by atoms with E-state index in [1.54, 1.807) is 6.33 Å². The van der Waals surface area contributed by atoms with E-state index in [4.69, 9.17) is 25.5 Å². The van der Waals surface area contributed by atoms with Gasteiger partial charge in [0.15, 0.2) is 23.3 Å². The molecule has 1 saturated heterocycles. The van der Waals surface area contributed by atoms with Crippen LogP contribution in [0.5, 0.6) is 0 Å². The first-order valence-electron chi connectivity index (χ1n) is 11.3. The highest BCUT2D eigenvalue weighted by atomic mass is 35.5. The Hall–Kier alpha value is -2.62. The summed E-state index contributed by atoms with van der Waals surface area (Å²) in [5.74, 6) is 0. The number of halogens is 1. The molecule has 9 heteroatoms. The number of aromatic nitrogens is 4. The van der Waals surface area contributed by atoms with Crippen molar-refractivity contribution >= 4 is 41.5 Å². The molecule has 0 amide bonds. The van der Waals surface area contributed by atoms with Crippen LogP contribution in [0.25, 0.3) is 11.2 Å². The van der Waals surface area contributed by atoms with Gasteiger partial charge < -0.3 is 13.9 Å². The summed E-state index contributed by atoms with van der Waals surface area (Å²) >= 11 is 6.15. The predicted octanol–water partition coefficient (Wildman–Crippen LogP) is 3.93. The van der Waals surface area contributed by atoms with Crippen LogP contribution >= 0.6 is 11.6 Å². The molecule has 176 valence electrons. The zero-order valence-electron chi connectivity index (χ0n) is 19.4. The molecule has 0 spiro atoms. The van der Waals surface area contributed by atoms with E-state index in [0.717, 1.165) is 0 Å². The largest absolute Gasteiger partial charge is 0.402 e. The number of rotatable bonds is 6. The topological polar surface area (TPSA) is 71.3 Å². The third kappa shape index (κ3) is 4.06. The van der Waals surface area contributed by atoms with Crippen molar-refractivity contribution in [2.45, 2.75) is 38.3 Å². The van der Waals surface area contributed by atoms with Crippen molar-refractivity contribution in [1.29, 1.82) is 0 Å². The molecular formula is C25H27ClN4O3Si. The zero-order chi connectivity index (χ0) is 23.8. The summed E-state index contributed by atoms with van der Waals surface area (Å²) in [5, 5.41) is 2.63. The van der Waals surface area contributed by atoms with E-state index in [-0.39, 0.29) is 11.3 Å². The van der Waals surface area contributed by atoms with Crippen LogP contribution in [0.1, 0.15) is 27.0 Å². The predicted molar refractivity (Wildman–Crippen MR) is 134 cm³/mol. The van der Waals surface area contributed by atoms with E-state index in [1.165, 1.54) is 16.7 Å². The van der Waals surface area contributed by atoms with Gasteiger partial charge in [-0.15, -0.1) is 0 Å². The summed E-state index contributed by atoms with van der Waals surface area (Å²) < 4.78 is 21.0. The van der Waals surface area contributed by atoms with Crippen LogP contribution < -0.4 is 10.4 Å². The summed E-state index contributed by atoms with van der Waals surface area (Å²) in [6.07, 6.45) is 2.19. The van der Waals surface area contributed by atoms with Crippen LogP contribution in [-0.2, 0) is 13.9 Å². The van der Waals surface area contributed by atoms with Crippen LogP contribution in [0, 0.1) is 0 Å². The maximum Gasteiger partial charge on any atom is 0.261 e. The van der Waals surface area contributed by atoms with Crippen molar-refractivity contribution in [3.63, 3.8) is 0 Å². The summed E-state index contributed by atoms with van der Waals surface area (Å²) in [6.45, 7) is 7.42. The van der Waals surface area contributed by atoms with Crippen LogP contribution in [0.3, 0.4) is 0 Å². The van der Waals surface area contributed by atoms with Gasteiger partial charge in [-0.1, -0.05) is 93.0 Å². The molecule has 2 aromatic carbocycles. The molecule has 0 unspecified atom stereocenters. The molecule has 0 radical (unpaired) electrons. The van der Waals surface area contributed by atoms with Gasteiger partial charge in [0, 0.05) is 0 Å². The number of imidazole rings is 1. The third-order valence-corrected chi connectivity index (χ3v) is 11.5. The van der Waals surface area contributed by atoms with Crippen LogP contribution in [0.15, 0.2) is 73.3 Å². The fraction of sp³-hybridized carbons (Fsp3) is 0.320. The minimum absolute atomic E-state index is 0.123. The van der Waals surface area contributed by atoms with E-state index >= 15 is 0 Å². The fourth-order valence-electron chi connectivity index (χ4n) is 4.67. The van der Waals surface area contributed by atoms with Crippen molar-refractivity contribution in [2.24, 2.45) is 0 Å². The molecule has 34 heavy (non-hydrogen) atoms. The normalized spacial score (nSPS) is 19.1. The molecule has 4 aromatic rings. The fourth-order valence-corrected chi connectivity index (χ4v) is 9.38. The van der Waals surface area contributed by atoms with E-state index in [9.17, 15) is 0 Å². The lowest BCUT2D eigenvalue weighted by Gasteiger charge is -2.43. The van der Waals surface area contributed by atoms with Crippen molar-refractivity contribution in [2.75, 3.05) is 13.2 Å². The van der Waals surface area contributed by atoms with Gasteiger partial charge in [0.1, 0.15) is 11.8 Å². The molecule has 2 atom stereocenters.